The Labute approximate surface area is 225 Å². The average Bonchev–Trinajstić information content (AvgIpc) is 2.88. The third-order valence-corrected chi connectivity index (χ3v) is 11.7. The number of hydrogen-bond acceptors (Lipinski definition) is 2. The predicted octanol–water partition coefficient (Wildman–Crippen LogP) is 8.09. The first-order chi connectivity index (χ1) is 17.9. The van der Waals surface area contributed by atoms with Crippen LogP contribution in [0.1, 0.15) is 62.1 Å². The number of hydrogen-bond donors (Lipinski definition) is 0. The van der Waals surface area contributed by atoms with Crippen LogP contribution in [0.25, 0.3) is 0 Å². The Morgan fingerprint density at radius 1 is 0.784 bits per heavy atom. The second-order valence-corrected chi connectivity index (χ2v) is 14.0. The Kier molecular flexibility index (Phi) is 6.69. The van der Waals surface area contributed by atoms with E-state index in [0.29, 0.717) is 18.3 Å². The highest BCUT2D eigenvalue weighted by Gasteiger charge is 2.57. The predicted molar refractivity (Wildman–Crippen MR) is 151 cm³/mol. The Morgan fingerprint density at radius 3 is 1.76 bits per heavy atom. The third-order valence-electron chi connectivity index (χ3n) is 9.54. The molecule has 0 radical (unpaired) electrons. The van der Waals surface area contributed by atoms with E-state index in [0.717, 1.165) is 18.3 Å². The Bertz CT molecular complexity index is 1170. The van der Waals surface area contributed by atoms with Gasteiger partial charge in [0, 0.05) is 6.42 Å². The lowest BCUT2D eigenvalue weighted by molar-refractivity contribution is -0.203. The van der Waals surface area contributed by atoms with Crippen molar-refractivity contribution < 1.29 is 9.53 Å². The number of carbonyl (C=O) groups excluding carboxylic acids is 1. The molecule has 0 N–H and O–H groups in total. The summed E-state index contributed by atoms with van der Waals surface area (Å²) >= 11 is 0. The van der Waals surface area contributed by atoms with Crippen molar-refractivity contribution in [1.29, 1.82) is 0 Å². The van der Waals surface area contributed by atoms with Crippen molar-refractivity contribution in [3.05, 3.63) is 89.5 Å². The van der Waals surface area contributed by atoms with Crippen LogP contribution in [0, 0.1) is 37.5 Å². The quantitative estimate of drug-likeness (QED) is 0.237. The van der Waals surface area contributed by atoms with Crippen molar-refractivity contribution in [1.82, 2.24) is 0 Å². The summed E-state index contributed by atoms with van der Waals surface area (Å²) in [6.45, 7) is 6.65. The van der Waals surface area contributed by atoms with Crippen molar-refractivity contribution in [2.45, 2.75) is 86.0 Å². The molecule has 4 aliphatic carbocycles. The summed E-state index contributed by atoms with van der Waals surface area (Å²) in [4.78, 5) is 17.1. The van der Waals surface area contributed by atoms with Gasteiger partial charge in [0.15, 0.2) is 14.7 Å². The topological polar surface area (TPSA) is 26.3 Å². The second kappa shape index (κ2) is 9.98. The fourth-order valence-electron chi connectivity index (χ4n) is 7.80. The molecule has 37 heavy (non-hydrogen) atoms. The summed E-state index contributed by atoms with van der Waals surface area (Å²) in [7, 11) is -0.161. The van der Waals surface area contributed by atoms with Crippen LogP contribution in [0.4, 0.5) is 0 Å². The Hall–Kier alpha value is -2.52. The summed E-state index contributed by atoms with van der Waals surface area (Å²) in [5.41, 5.74) is 3.60. The molecule has 0 heterocycles. The molecule has 4 bridgehead atoms. The van der Waals surface area contributed by atoms with Gasteiger partial charge in [-0.3, -0.25) is 4.79 Å². The maximum absolute atomic E-state index is 13.2. The van der Waals surface area contributed by atoms with E-state index >= 15 is 0 Å². The summed E-state index contributed by atoms with van der Waals surface area (Å²) in [6.07, 6.45) is 7.69. The second-order valence-electron chi connectivity index (χ2n) is 11.9. The molecule has 4 fully saturated rings. The van der Waals surface area contributed by atoms with Crippen LogP contribution in [0.2, 0.25) is 0 Å². The molecular weight excluding hydrogens is 472 g/mol. The van der Waals surface area contributed by atoms with Crippen LogP contribution in [0.3, 0.4) is 0 Å². The SMILES string of the molecule is Cc1cc([S+](c2ccccc2)c2ccccc2)cc(C)c1CCC(=O)OC1(C)C2CC3CC(C2)CC1C3. The molecule has 0 aliphatic heterocycles. The maximum Gasteiger partial charge on any atom is 0.306 e. The molecule has 0 atom stereocenters. The molecule has 4 saturated carbocycles. The van der Waals surface area contributed by atoms with Gasteiger partial charge in [0.05, 0.1) is 10.9 Å². The van der Waals surface area contributed by atoms with E-state index in [1.807, 2.05) is 0 Å². The summed E-state index contributed by atoms with van der Waals surface area (Å²) < 4.78 is 6.36. The number of rotatable bonds is 7. The smallest absolute Gasteiger partial charge is 0.306 e. The molecule has 0 spiro atoms. The van der Waals surface area contributed by atoms with E-state index in [1.54, 1.807) is 0 Å². The average molecular weight is 512 g/mol. The van der Waals surface area contributed by atoms with E-state index < -0.39 is 0 Å². The van der Waals surface area contributed by atoms with Gasteiger partial charge >= 0.3 is 5.97 Å². The van der Waals surface area contributed by atoms with Gasteiger partial charge in [0.2, 0.25) is 0 Å². The fourth-order valence-corrected chi connectivity index (χ4v) is 10.1. The van der Waals surface area contributed by atoms with Crippen molar-refractivity contribution in [2.24, 2.45) is 23.7 Å². The summed E-state index contributed by atoms with van der Waals surface area (Å²) in [5, 5.41) is 0. The third kappa shape index (κ3) is 4.76. The van der Waals surface area contributed by atoms with E-state index in [2.05, 4.69) is 93.6 Å². The summed E-state index contributed by atoms with van der Waals surface area (Å²) in [6, 6.07) is 26.3. The van der Waals surface area contributed by atoms with Crippen molar-refractivity contribution in [3.63, 3.8) is 0 Å². The molecule has 3 aromatic rings. The van der Waals surface area contributed by atoms with Crippen LogP contribution in [-0.2, 0) is 26.8 Å². The zero-order chi connectivity index (χ0) is 25.6. The minimum atomic E-state index is -0.238. The van der Waals surface area contributed by atoms with Crippen LogP contribution < -0.4 is 0 Å². The molecule has 0 amide bonds. The van der Waals surface area contributed by atoms with Crippen LogP contribution in [0.15, 0.2) is 87.5 Å². The molecule has 0 saturated heterocycles. The lowest BCUT2D eigenvalue weighted by Gasteiger charge is -2.59. The van der Waals surface area contributed by atoms with E-state index in [4.69, 9.17) is 4.74 Å². The fraction of sp³-hybridized carbons (Fsp3) is 0.441. The Balaban J connectivity index is 1.19. The van der Waals surface area contributed by atoms with Gasteiger partial charge < -0.3 is 4.74 Å². The Morgan fingerprint density at radius 2 is 1.27 bits per heavy atom. The zero-order valence-corrected chi connectivity index (χ0v) is 23.2. The largest absolute Gasteiger partial charge is 0.459 e. The number of ether oxygens (including phenoxy) is 1. The molecule has 7 rings (SSSR count). The molecule has 2 nitrogen and oxygen atoms in total. The van der Waals surface area contributed by atoms with Crippen LogP contribution >= 0.6 is 0 Å². The molecule has 192 valence electrons. The first-order valence-corrected chi connectivity index (χ1v) is 15.3. The number of aryl methyl sites for hydroxylation is 2. The molecule has 3 aromatic carbocycles. The van der Waals surface area contributed by atoms with Gasteiger partial charge in [0.25, 0.3) is 0 Å². The lowest BCUT2D eigenvalue weighted by Crippen LogP contribution is -2.58. The highest BCUT2D eigenvalue weighted by Crippen LogP contribution is 2.59. The minimum absolute atomic E-state index is 0.00817. The maximum atomic E-state index is 13.2. The monoisotopic (exact) mass is 511 g/mol. The molecular formula is C34H39O2S+. The van der Waals surface area contributed by atoms with E-state index in [9.17, 15) is 4.79 Å². The van der Waals surface area contributed by atoms with Crippen molar-refractivity contribution >= 4 is 16.9 Å². The highest BCUT2D eigenvalue weighted by atomic mass is 32.2. The van der Waals surface area contributed by atoms with Gasteiger partial charge in [-0.1, -0.05) is 36.4 Å². The lowest BCUT2D eigenvalue weighted by atomic mass is 9.50. The van der Waals surface area contributed by atoms with Gasteiger partial charge in [-0.15, -0.1) is 0 Å². The number of carbonyl (C=O) groups is 1. The van der Waals surface area contributed by atoms with Crippen LogP contribution in [0.5, 0.6) is 0 Å². The molecule has 0 unspecified atom stereocenters. The van der Waals surface area contributed by atoms with Crippen molar-refractivity contribution in [2.75, 3.05) is 0 Å². The van der Waals surface area contributed by atoms with Gasteiger partial charge in [0.1, 0.15) is 5.60 Å². The zero-order valence-electron chi connectivity index (χ0n) is 22.4. The van der Waals surface area contributed by atoms with Gasteiger partial charge in [-0.25, -0.2) is 0 Å². The first-order valence-electron chi connectivity index (χ1n) is 14.1. The number of esters is 1. The van der Waals surface area contributed by atoms with Gasteiger partial charge in [-0.2, -0.15) is 0 Å². The summed E-state index contributed by atoms with van der Waals surface area (Å²) in [5.74, 6) is 2.91. The highest BCUT2D eigenvalue weighted by molar-refractivity contribution is 7.97. The van der Waals surface area contributed by atoms with Gasteiger partial charge in [-0.05, 0) is 136 Å². The molecule has 0 aromatic heterocycles. The molecule has 4 aliphatic rings. The van der Waals surface area contributed by atoms with E-state index in [-0.39, 0.29) is 22.5 Å². The minimum Gasteiger partial charge on any atom is -0.459 e. The normalized spacial score (nSPS) is 28.0. The standard InChI is InChI=1S/C34H39O2S/c1-23-16-31(37(29-10-6-4-7-11-29)30-12-8-5-9-13-30)17-24(2)32(23)14-15-33(35)36-34(3)27-19-25-18-26(21-27)22-28(34)20-25/h4-13,16-17,25-28H,14-15,18-22H2,1-3H3/q+1. The molecule has 3 heteroatoms. The first kappa shape index (κ1) is 24.8. The number of benzene rings is 3. The van der Waals surface area contributed by atoms with Crippen LogP contribution in [-0.4, -0.2) is 11.6 Å². The van der Waals surface area contributed by atoms with Crippen molar-refractivity contribution in [3.8, 4) is 0 Å². The van der Waals surface area contributed by atoms with E-state index in [1.165, 1.54) is 63.5 Å².